The number of para-hydroxylation sites is 1. The third-order valence-electron chi connectivity index (χ3n) is 2.88. The van der Waals surface area contributed by atoms with E-state index in [0.717, 1.165) is 5.56 Å². The summed E-state index contributed by atoms with van der Waals surface area (Å²) < 4.78 is 18.7. The van der Waals surface area contributed by atoms with Crippen molar-refractivity contribution < 1.29 is 13.9 Å². The molecule has 1 amide bonds. The first-order valence-corrected chi connectivity index (χ1v) is 6.35. The molecule has 0 heterocycles. The van der Waals surface area contributed by atoms with Crippen LogP contribution in [0.15, 0.2) is 48.5 Å². The Hall–Kier alpha value is -2.36. The molecule has 0 aliphatic rings. The van der Waals surface area contributed by atoms with E-state index in [2.05, 4.69) is 5.32 Å². The average Bonchev–Trinajstić information content (AvgIpc) is 2.44. The average molecular weight is 273 g/mol. The van der Waals surface area contributed by atoms with Gasteiger partial charge in [0.2, 0.25) is 0 Å². The van der Waals surface area contributed by atoms with E-state index in [0.29, 0.717) is 11.4 Å². The molecule has 0 bridgehead atoms. The summed E-state index contributed by atoms with van der Waals surface area (Å²) in [6.45, 7) is 3.45. The summed E-state index contributed by atoms with van der Waals surface area (Å²) in [7, 11) is 0. The van der Waals surface area contributed by atoms with Crippen LogP contribution in [0.1, 0.15) is 12.5 Å². The fourth-order valence-corrected chi connectivity index (χ4v) is 1.72. The maximum Gasteiger partial charge on any atom is 0.265 e. The van der Waals surface area contributed by atoms with Gasteiger partial charge in [-0.25, -0.2) is 4.39 Å². The second kappa shape index (κ2) is 6.19. The number of halogens is 1. The maximum absolute atomic E-state index is 13.2. The van der Waals surface area contributed by atoms with Crippen molar-refractivity contribution in [2.75, 3.05) is 5.32 Å². The zero-order valence-electron chi connectivity index (χ0n) is 11.4. The lowest BCUT2D eigenvalue weighted by molar-refractivity contribution is -0.122. The monoisotopic (exact) mass is 273 g/mol. The quantitative estimate of drug-likeness (QED) is 0.925. The van der Waals surface area contributed by atoms with Crippen LogP contribution < -0.4 is 10.1 Å². The van der Waals surface area contributed by atoms with Crippen LogP contribution in [-0.2, 0) is 4.79 Å². The van der Waals surface area contributed by atoms with Gasteiger partial charge in [0.15, 0.2) is 6.10 Å². The molecule has 0 spiro atoms. The van der Waals surface area contributed by atoms with Crippen molar-refractivity contribution >= 4 is 11.6 Å². The first-order valence-electron chi connectivity index (χ1n) is 6.35. The van der Waals surface area contributed by atoms with Crippen LogP contribution in [0.25, 0.3) is 0 Å². The number of rotatable bonds is 4. The Morgan fingerprint density at radius 2 is 1.90 bits per heavy atom. The molecule has 0 aliphatic carbocycles. The molecule has 1 unspecified atom stereocenters. The number of nitrogens with one attached hydrogen (secondary N) is 1. The Kier molecular flexibility index (Phi) is 4.35. The molecule has 1 atom stereocenters. The van der Waals surface area contributed by atoms with Gasteiger partial charge in [-0.2, -0.15) is 0 Å². The van der Waals surface area contributed by atoms with Crippen molar-refractivity contribution in [1.29, 1.82) is 0 Å². The van der Waals surface area contributed by atoms with Crippen molar-refractivity contribution in [2.45, 2.75) is 20.0 Å². The second-order valence-corrected chi connectivity index (χ2v) is 4.52. The number of hydrogen-bond acceptors (Lipinski definition) is 2. The van der Waals surface area contributed by atoms with E-state index in [9.17, 15) is 9.18 Å². The molecule has 0 aromatic heterocycles. The molecule has 0 saturated heterocycles. The number of amides is 1. The van der Waals surface area contributed by atoms with Gasteiger partial charge in [-0.05, 0) is 43.7 Å². The van der Waals surface area contributed by atoms with Gasteiger partial charge in [0, 0.05) is 5.69 Å². The highest BCUT2D eigenvalue weighted by Gasteiger charge is 2.15. The molecule has 2 rings (SSSR count). The SMILES string of the molecule is Cc1ccc(F)cc1NC(=O)C(C)Oc1ccccc1. The Bertz CT molecular complexity index is 599. The van der Waals surface area contributed by atoms with E-state index >= 15 is 0 Å². The third kappa shape index (κ3) is 3.57. The molecule has 104 valence electrons. The second-order valence-electron chi connectivity index (χ2n) is 4.52. The van der Waals surface area contributed by atoms with E-state index in [-0.39, 0.29) is 11.7 Å². The minimum Gasteiger partial charge on any atom is -0.481 e. The fourth-order valence-electron chi connectivity index (χ4n) is 1.72. The van der Waals surface area contributed by atoms with Crippen molar-refractivity contribution in [3.63, 3.8) is 0 Å². The molecule has 0 radical (unpaired) electrons. The van der Waals surface area contributed by atoms with Crippen LogP contribution in [0.3, 0.4) is 0 Å². The summed E-state index contributed by atoms with van der Waals surface area (Å²) in [5.74, 6) is -0.0869. The van der Waals surface area contributed by atoms with Crippen molar-refractivity contribution in [3.8, 4) is 5.75 Å². The van der Waals surface area contributed by atoms with Gasteiger partial charge in [-0.3, -0.25) is 4.79 Å². The number of hydrogen-bond donors (Lipinski definition) is 1. The van der Waals surface area contributed by atoms with Crippen LogP contribution in [0.4, 0.5) is 10.1 Å². The Balaban J connectivity index is 2.02. The zero-order valence-corrected chi connectivity index (χ0v) is 11.4. The standard InChI is InChI=1S/C16H16FNO2/c1-11-8-9-13(17)10-15(11)18-16(19)12(2)20-14-6-4-3-5-7-14/h3-10,12H,1-2H3,(H,18,19). The fraction of sp³-hybridized carbons (Fsp3) is 0.188. The first-order chi connectivity index (χ1) is 9.56. The lowest BCUT2D eigenvalue weighted by Crippen LogP contribution is -2.30. The minimum absolute atomic E-state index is 0.317. The number of ether oxygens (including phenoxy) is 1. The highest BCUT2D eigenvalue weighted by molar-refractivity contribution is 5.94. The molecule has 3 nitrogen and oxygen atoms in total. The number of carbonyl (C=O) groups is 1. The third-order valence-corrected chi connectivity index (χ3v) is 2.88. The molecular weight excluding hydrogens is 257 g/mol. The number of carbonyl (C=O) groups excluding carboxylic acids is 1. The van der Waals surface area contributed by atoms with Crippen LogP contribution in [0.5, 0.6) is 5.75 Å². The first kappa shape index (κ1) is 14.1. The van der Waals surface area contributed by atoms with Crippen LogP contribution in [-0.4, -0.2) is 12.0 Å². The summed E-state index contributed by atoms with van der Waals surface area (Å²) in [5, 5.41) is 2.67. The van der Waals surface area contributed by atoms with E-state index in [4.69, 9.17) is 4.74 Å². The molecule has 20 heavy (non-hydrogen) atoms. The van der Waals surface area contributed by atoms with Gasteiger partial charge < -0.3 is 10.1 Å². The summed E-state index contributed by atoms with van der Waals surface area (Å²) in [6, 6.07) is 13.3. The Labute approximate surface area is 117 Å². The molecule has 2 aromatic carbocycles. The Morgan fingerprint density at radius 1 is 1.20 bits per heavy atom. The zero-order chi connectivity index (χ0) is 14.5. The van der Waals surface area contributed by atoms with Crippen molar-refractivity contribution in [2.24, 2.45) is 0 Å². The summed E-state index contributed by atoms with van der Waals surface area (Å²) >= 11 is 0. The largest absolute Gasteiger partial charge is 0.481 e. The van der Waals surface area contributed by atoms with Crippen LogP contribution in [0.2, 0.25) is 0 Å². The molecule has 2 aromatic rings. The van der Waals surface area contributed by atoms with E-state index in [1.165, 1.54) is 12.1 Å². The summed E-state index contributed by atoms with van der Waals surface area (Å²) in [4.78, 5) is 12.0. The molecule has 1 N–H and O–H groups in total. The molecule has 0 fully saturated rings. The highest BCUT2D eigenvalue weighted by Crippen LogP contribution is 2.17. The van der Waals surface area contributed by atoms with Gasteiger partial charge in [-0.15, -0.1) is 0 Å². The van der Waals surface area contributed by atoms with Gasteiger partial charge in [0.25, 0.3) is 5.91 Å². The van der Waals surface area contributed by atoms with Gasteiger partial charge >= 0.3 is 0 Å². The lowest BCUT2D eigenvalue weighted by atomic mass is 10.2. The molecular formula is C16H16FNO2. The van der Waals surface area contributed by atoms with Gasteiger partial charge in [-0.1, -0.05) is 24.3 Å². The summed E-state index contributed by atoms with van der Waals surface area (Å²) in [5.41, 5.74) is 1.25. The minimum atomic E-state index is -0.667. The number of anilines is 1. The van der Waals surface area contributed by atoms with E-state index < -0.39 is 6.10 Å². The van der Waals surface area contributed by atoms with Gasteiger partial charge in [0.05, 0.1) is 0 Å². The molecule has 0 saturated carbocycles. The van der Waals surface area contributed by atoms with Crippen molar-refractivity contribution in [3.05, 3.63) is 59.9 Å². The predicted octanol–water partition coefficient (Wildman–Crippen LogP) is 3.54. The van der Waals surface area contributed by atoms with Crippen LogP contribution in [0, 0.1) is 12.7 Å². The maximum atomic E-state index is 13.2. The highest BCUT2D eigenvalue weighted by atomic mass is 19.1. The smallest absolute Gasteiger partial charge is 0.265 e. The normalized spacial score (nSPS) is 11.8. The van der Waals surface area contributed by atoms with Gasteiger partial charge in [0.1, 0.15) is 11.6 Å². The van der Waals surface area contributed by atoms with E-state index in [1.54, 1.807) is 32.0 Å². The lowest BCUT2D eigenvalue weighted by Gasteiger charge is -2.15. The van der Waals surface area contributed by atoms with Crippen LogP contribution >= 0.6 is 0 Å². The van der Waals surface area contributed by atoms with Crippen molar-refractivity contribution in [1.82, 2.24) is 0 Å². The predicted molar refractivity (Wildman–Crippen MR) is 76.3 cm³/mol. The number of benzene rings is 2. The topological polar surface area (TPSA) is 38.3 Å². The molecule has 4 heteroatoms. The summed E-state index contributed by atoms with van der Waals surface area (Å²) in [6.07, 6.45) is -0.667. The molecule has 0 aliphatic heterocycles. The Morgan fingerprint density at radius 3 is 2.60 bits per heavy atom. The number of aryl methyl sites for hydroxylation is 1. The van der Waals surface area contributed by atoms with E-state index in [1.807, 2.05) is 18.2 Å².